The monoisotopic (exact) mass is 333 g/mol. The molecule has 0 unspecified atom stereocenters. The molecule has 1 heterocycles. The number of esters is 1. The highest BCUT2D eigenvalue weighted by Gasteiger charge is 2.27. The van der Waals surface area contributed by atoms with Crippen molar-refractivity contribution in [3.8, 4) is 0 Å². The van der Waals surface area contributed by atoms with Crippen LogP contribution in [0.1, 0.15) is 29.6 Å². The zero-order chi connectivity index (χ0) is 17.5. The third kappa shape index (κ3) is 4.55. The first kappa shape index (κ1) is 17.5. The van der Waals surface area contributed by atoms with Gasteiger partial charge in [0.1, 0.15) is 6.04 Å². The van der Waals surface area contributed by atoms with E-state index in [-0.39, 0.29) is 43.5 Å². The van der Waals surface area contributed by atoms with E-state index in [4.69, 9.17) is 0 Å². The Morgan fingerprint density at radius 3 is 2.71 bits per heavy atom. The number of amides is 3. The van der Waals surface area contributed by atoms with Crippen LogP contribution in [0.15, 0.2) is 24.3 Å². The minimum atomic E-state index is -0.795. The highest BCUT2D eigenvalue weighted by atomic mass is 16.5. The SMILES string of the molecule is COC(=O)CCNC(=O)CC[C@@H]1NC(=O)c2ccccc2NC1=O. The van der Waals surface area contributed by atoms with E-state index < -0.39 is 12.0 Å². The van der Waals surface area contributed by atoms with Crippen molar-refractivity contribution >= 4 is 29.4 Å². The summed E-state index contributed by atoms with van der Waals surface area (Å²) in [6, 6.07) is 5.90. The van der Waals surface area contributed by atoms with Gasteiger partial charge in [-0.3, -0.25) is 19.2 Å². The lowest BCUT2D eigenvalue weighted by molar-refractivity contribution is -0.140. The lowest BCUT2D eigenvalue weighted by Gasteiger charge is -2.14. The Labute approximate surface area is 138 Å². The zero-order valence-electron chi connectivity index (χ0n) is 13.3. The lowest BCUT2D eigenvalue weighted by Crippen LogP contribution is -2.42. The van der Waals surface area contributed by atoms with Gasteiger partial charge in [-0.25, -0.2) is 0 Å². The number of hydrogen-bond acceptors (Lipinski definition) is 5. The number of carbonyl (C=O) groups is 4. The number of methoxy groups -OCH3 is 1. The fourth-order valence-corrected chi connectivity index (χ4v) is 2.28. The van der Waals surface area contributed by atoms with Crippen molar-refractivity contribution in [2.75, 3.05) is 19.0 Å². The van der Waals surface area contributed by atoms with Gasteiger partial charge in [-0.05, 0) is 18.6 Å². The molecule has 3 N–H and O–H groups in total. The van der Waals surface area contributed by atoms with Crippen LogP contribution < -0.4 is 16.0 Å². The molecule has 8 heteroatoms. The van der Waals surface area contributed by atoms with Crippen molar-refractivity contribution in [3.63, 3.8) is 0 Å². The molecular formula is C16H19N3O5. The maximum Gasteiger partial charge on any atom is 0.307 e. The number of ether oxygens (including phenoxy) is 1. The normalized spacial score (nSPS) is 16.3. The van der Waals surface area contributed by atoms with Crippen LogP contribution in [0.5, 0.6) is 0 Å². The van der Waals surface area contributed by atoms with E-state index in [0.29, 0.717) is 11.3 Å². The average molecular weight is 333 g/mol. The van der Waals surface area contributed by atoms with Crippen LogP contribution in [0.2, 0.25) is 0 Å². The summed E-state index contributed by atoms with van der Waals surface area (Å²) in [5.41, 5.74) is 0.834. The summed E-state index contributed by atoms with van der Waals surface area (Å²) >= 11 is 0. The molecule has 1 aliphatic rings. The molecule has 0 fully saturated rings. The maximum atomic E-state index is 12.2. The highest BCUT2D eigenvalue weighted by molar-refractivity contribution is 6.09. The van der Waals surface area contributed by atoms with Crippen LogP contribution in [0.3, 0.4) is 0 Å². The van der Waals surface area contributed by atoms with Gasteiger partial charge in [0.25, 0.3) is 5.91 Å². The second kappa shape index (κ2) is 8.09. The molecule has 3 amide bonds. The van der Waals surface area contributed by atoms with Gasteiger partial charge < -0.3 is 20.7 Å². The first-order valence-corrected chi connectivity index (χ1v) is 7.55. The average Bonchev–Trinajstić information content (AvgIpc) is 2.69. The van der Waals surface area contributed by atoms with E-state index in [9.17, 15) is 19.2 Å². The molecular weight excluding hydrogens is 314 g/mol. The summed E-state index contributed by atoms with van der Waals surface area (Å²) in [5.74, 6) is -1.44. The fourth-order valence-electron chi connectivity index (χ4n) is 2.28. The molecule has 1 aromatic carbocycles. The van der Waals surface area contributed by atoms with Crippen LogP contribution in [0, 0.1) is 0 Å². The van der Waals surface area contributed by atoms with E-state index in [1.165, 1.54) is 7.11 Å². The Balaban J connectivity index is 1.85. The summed E-state index contributed by atoms with van der Waals surface area (Å²) in [4.78, 5) is 47.0. The first-order chi connectivity index (χ1) is 11.5. The van der Waals surface area contributed by atoms with E-state index in [1.54, 1.807) is 24.3 Å². The van der Waals surface area contributed by atoms with Crippen molar-refractivity contribution in [1.29, 1.82) is 0 Å². The number of carbonyl (C=O) groups excluding carboxylic acids is 4. The molecule has 8 nitrogen and oxygen atoms in total. The fraction of sp³-hybridized carbons (Fsp3) is 0.375. The highest BCUT2D eigenvalue weighted by Crippen LogP contribution is 2.19. The van der Waals surface area contributed by atoms with Gasteiger partial charge in [0.05, 0.1) is 24.8 Å². The number of anilines is 1. The van der Waals surface area contributed by atoms with Crippen LogP contribution in [0.4, 0.5) is 5.69 Å². The summed E-state index contributed by atoms with van der Waals surface area (Å²) in [7, 11) is 1.27. The third-order valence-electron chi connectivity index (χ3n) is 3.59. The van der Waals surface area contributed by atoms with Crippen LogP contribution in [-0.2, 0) is 19.1 Å². The van der Waals surface area contributed by atoms with Crippen LogP contribution >= 0.6 is 0 Å². The van der Waals surface area contributed by atoms with Gasteiger partial charge in [0.2, 0.25) is 11.8 Å². The minimum Gasteiger partial charge on any atom is -0.469 e. The minimum absolute atomic E-state index is 0.0515. The van der Waals surface area contributed by atoms with Gasteiger partial charge in [-0.1, -0.05) is 12.1 Å². The molecule has 1 aliphatic heterocycles. The number of para-hydroxylation sites is 1. The van der Waals surface area contributed by atoms with Gasteiger partial charge in [-0.15, -0.1) is 0 Å². The number of rotatable bonds is 6. The van der Waals surface area contributed by atoms with E-state index >= 15 is 0 Å². The maximum absolute atomic E-state index is 12.2. The van der Waals surface area contributed by atoms with Gasteiger partial charge in [-0.2, -0.15) is 0 Å². The van der Waals surface area contributed by atoms with E-state index in [0.717, 1.165) is 0 Å². The number of nitrogens with one attached hydrogen (secondary N) is 3. The smallest absolute Gasteiger partial charge is 0.307 e. The molecule has 0 saturated heterocycles. The summed E-state index contributed by atoms with van der Waals surface area (Å²) in [6.07, 6.45) is 0.295. The Morgan fingerprint density at radius 2 is 1.96 bits per heavy atom. The lowest BCUT2D eigenvalue weighted by atomic mass is 10.1. The summed E-state index contributed by atoms with van der Waals surface area (Å²) in [5, 5.41) is 7.86. The Bertz CT molecular complexity index is 659. The van der Waals surface area contributed by atoms with Crippen LogP contribution in [-0.4, -0.2) is 43.4 Å². The Kier molecular flexibility index (Phi) is 5.89. The van der Waals surface area contributed by atoms with Crippen molar-refractivity contribution in [1.82, 2.24) is 10.6 Å². The van der Waals surface area contributed by atoms with Crippen LogP contribution in [0.25, 0.3) is 0 Å². The number of hydrogen-bond donors (Lipinski definition) is 3. The Hall–Kier alpha value is -2.90. The second-order valence-corrected chi connectivity index (χ2v) is 5.28. The third-order valence-corrected chi connectivity index (χ3v) is 3.59. The molecule has 2 rings (SSSR count). The van der Waals surface area contributed by atoms with E-state index in [1.807, 2.05) is 0 Å². The number of fused-ring (bicyclic) bond motifs is 1. The second-order valence-electron chi connectivity index (χ2n) is 5.28. The van der Waals surface area contributed by atoms with Crippen molar-refractivity contribution in [3.05, 3.63) is 29.8 Å². The van der Waals surface area contributed by atoms with Gasteiger partial charge in [0, 0.05) is 13.0 Å². The van der Waals surface area contributed by atoms with Gasteiger partial charge in [0.15, 0.2) is 0 Å². The van der Waals surface area contributed by atoms with Crippen molar-refractivity contribution in [2.45, 2.75) is 25.3 Å². The summed E-state index contributed by atoms with van der Waals surface area (Å²) < 4.78 is 4.47. The topological polar surface area (TPSA) is 114 Å². The van der Waals surface area contributed by atoms with Crippen molar-refractivity contribution in [2.24, 2.45) is 0 Å². The largest absolute Gasteiger partial charge is 0.469 e. The molecule has 1 atom stereocenters. The molecule has 0 bridgehead atoms. The van der Waals surface area contributed by atoms with Gasteiger partial charge >= 0.3 is 5.97 Å². The first-order valence-electron chi connectivity index (χ1n) is 7.55. The predicted molar refractivity (Wildman–Crippen MR) is 85.2 cm³/mol. The predicted octanol–water partition coefficient (Wildman–Crippen LogP) is 0.197. The van der Waals surface area contributed by atoms with Crippen molar-refractivity contribution < 1.29 is 23.9 Å². The molecule has 0 aliphatic carbocycles. The Morgan fingerprint density at radius 1 is 1.21 bits per heavy atom. The zero-order valence-corrected chi connectivity index (χ0v) is 13.3. The molecule has 0 radical (unpaired) electrons. The molecule has 0 spiro atoms. The molecule has 0 saturated carbocycles. The molecule has 0 aromatic heterocycles. The molecule has 1 aromatic rings. The quantitative estimate of drug-likeness (QED) is 0.644. The molecule has 128 valence electrons. The standard InChI is InChI=1S/C16H19N3O5/c1-24-14(21)8-9-17-13(20)7-6-12-16(23)18-11-5-3-2-4-10(11)15(22)19-12/h2-5,12H,6-9H2,1H3,(H,17,20)(H,18,23)(H,19,22)/t12-/m0/s1. The number of benzene rings is 1. The van der Waals surface area contributed by atoms with E-state index in [2.05, 4.69) is 20.7 Å². The molecule has 24 heavy (non-hydrogen) atoms. The summed E-state index contributed by atoms with van der Waals surface area (Å²) in [6.45, 7) is 0.167.